The first-order chi connectivity index (χ1) is 13.7. The zero-order chi connectivity index (χ0) is 22.1. The minimum atomic E-state index is -2.65. The Morgan fingerprint density at radius 2 is 1.07 bits per heavy atom. The molecule has 0 aromatic rings. The zero-order valence-electron chi connectivity index (χ0n) is 20.5. The van der Waals surface area contributed by atoms with Gasteiger partial charge in [0.05, 0.1) is 0 Å². The maximum absolute atomic E-state index is 6.22. The molecule has 8 heteroatoms. The second kappa shape index (κ2) is 17.8. The molecule has 0 aromatic carbocycles. The number of rotatable bonds is 20. The second-order valence-electron chi connectivity index (χ2n) is 8.77. The molecule has 0 heterocycles. The summed E-state index contributed by atoms with van der Waals surface area (Å²) in [5.74, 6) is 0. The van der Waals surface area contributed by atoms with Gasteiger partial charge in [0.1, 0.15) is 0 Å². The van der Waals surface area contributed by atoms with E-state index in [-0.39, 0.29) is 28.1 Å². The molecule has 0 atom stereocenters. The predicted molar refractivity (Wildman–Crippen MR) is 128 cm³/mol. The molecule has 0 amide bonds. The van der Waals surface area contributed by atoms with E-state index in [0.29, 0.717) is 6.10 Å². The molecule has 6 nitrogen and oxygen atoms in total. The Labute approximate surface area is 184 Å². The fraction of sp³-hybridized carbons (Fsp3) is 1.00. The van der Waals surface area contributed by atoms with Crippen molar-refractivity contribution >= 4 is 18.6 Å². The normalized spacial score (nSPS) is 13.2. The number of hydrogen-bond acceptors (Lipinski definition) is 6. The van der Waals surface area contributed by atoms with Crippen molar-refractivity contribution in [3.05, 3.63) is 0 Å². The van der Waals surface area contributed by atoms with Crippen LogP contribution in [0.2, 0.25) is 12.1 Å². The monoisotopic (exact) mass is 450 g/mol. The van der Waals surface area contributed by atoms with Crippen LogP contribution in [0, 0.1) is 0 Å². The van der Waals surface area contributed by atoms with E-state index in [1.807, 2.05) is 0 Å². The SMILES string of the molecule is CC(C)O[SiH2]CCCNCCCNCCC[Si](OC(C)C)(OC(C)C)OC(C)C. The average Bonchev–Trinajstić information content (AvgIpc) is 2.56. The molecule has 176 valence electrons. The third-order valence-electron chi connectivity index (χ3n) is 3.99. The summed E-state index contributed by atoms with van der Waals surface area (Å²) in [4.78, 5) is 0. The first-order valence-electron chi connectivity index (χ1n) is 11.7. The summed E-state index contributed by atoms with van der Waals surface area (Å²) < 4.78 is 24.4. The summed E-state index contributed by atoms with van der Waals surface area (Å²) in [6.07, 6.45) is 4.12. The van der Waals surface area contributed by atoms with E-state index in [2.05, 4.69) is 66.0 Å². The lowest BCUT2D eigenvalue weighted by molar-refractivity contribution is 0.00291. The highest BCUT2D eigenvalue weighted by Gasteiger charge is 2.43. The molecule has 0 aliphatic rings. The Bertz CT molecular complexity index is 346. The maximum atomic E-state index is 6.22. The lowest BCUT2D eigenvalue weighted by Gasteiger charge is -2.34. The first kappa shape index (κ1) is 29.2. The Morgan fingerprint density at radius 1 is 0.621 bits per heavy atom. The van der Waals surface area contributed by atoms with E-state index in [0.717, 1.165) is 45.1 Å². The van der Waals surface area contributed by atoms with Crippen LogP contribution in [0.25, 0.3) is 0 Å². The Hall–Kier alpha value is 0.194. The number of nitrogens with one attached hydrogen (secondary N) is 2. The van der Waals surface area contributed by atoms with Crippen molar-refractivity contribution < 1.29 is 17.7 Å². The van der Waals surface area contributed by atoms with Gasteiger partial charge in [0.2, 0.25) is 0 Å². The summed E-state index contributed by atoms with van der Waals surface area (Å²) in [7, 11) is -2.95. The van der Waals surface area contributed by atoms with Crippen LogP contribution in [-0.4, -0.2) is 69.2 Å². The molecule has 0 spiro atoms. The Balaban J connectivity index is 3.91. The van der Waals surface area contributed by atoms with Gasteiger partial charge >= 0.3 is 8.80 Å². The lowest BCUT2D eigenvalue weighted by Crippen LogP contribution is -2.50. The molecular formula is C21H50N2O4Si2. The van der Waals surface area contributed by atoms with E-state index in [9.17, 15) is 0 Å². The van der Waals surface area contributed by atoms with Crippen LogP contribution < -0.4 is 10.6 Å². The van der Waals surface area contributed by atoms with Gasteiger partial charge in [0.25, 0.3) is 0 Å². The second-order valence-corrected chi connectivity index (χ2v) is 12.8. The van der Waals surface area contributed by atoms with E-state index < -0.39 is 8.80 Å². The van der Waals surface area contributed by atoms with Crippen LogP contribution >= 0.6 is 0 Å². The highest BCUT2D eigenvalue weighted by atomic mass is 28.4. The molecule has 0 bridgehead atoms. The molecule has 29 heavy (non-hydrogen) atoms. The van der Waals surface area contributed by atoms with Gasteiger partial charge in [-0.3, -0.25) is 0 Å². The minimum absolute atomic E-state index is 0.109. The fourth-order valence-corrected chi connectivity index (χ4v) is 7.40. The van der Waals surface area contributed by atoms with E-state index in [4.69, 9.17) is 17.7 Å². The standard InChI is InChI=1S/C21H50N2O4Si2/c1-18(2)24-28-16-10-14-22-12-9-13-23-15-11-17-29(25-19(3)4,26-20(5)6)27-21(7)8/h18-23H,9-17,28H2,1-8H3. The van der Waals surface area contributed by atoms with Crippen LogP contribution in [-0.2, 0) is 17.7 Å². The maximum Gasteiger partial charge on any atom is 0.501 e. The number of hydrogen-bond donors (Lipinski definition) is 2. The summed E-state index contributed by atoms with van der Waals surface area (Å²) in [5.41, 5.74) is 0. The highest BCUT2D eigenvalue weighted by molar-refractivity contribution is 6.60. The van der Waals surface area contributed by atoms with E-state index in [1.165, 1.54) is 12.5 Å². The van der Waals surface area contributed by atoms with Gasteiger partial charge in [0, 0.05) is 30.5 Å². The topological polar surface area (TPSA) is 61.0 Å². The van der Waals surface area contributed by atoms with Crippen molar-refractivity contribution in [3.63, 3.8) is 0 Å². The van der Waals surface area contributed by atoms with Crippen molar-refractivity contribution in [3.8, 4) is 0 Å². The van der Waals surface area contributed by atoms with E-state index in [1.54, 1.807) is 0 Å². The summed E-state index contributed by atoms with van der Waals surface area (Å²) in [6, 6.07) is 2.12. The lowest BCUT2D eigenvalue weighted by atomic mass is 10.4. The minimum Gasteiger partial charge on any atom is -0.422 e. The Morgan fingerprint density at radius 3 is 1.52 bits per heavy atom. The summed E-state index contributed by atoms with van der Waals surface area (Å²) >= 11 is 0. The first-order valence-corrected chi connectivity index (χ1v) is 15.2. The van der Waals surface area contributed by atoms with Crippen LogP contribution in [0.5, 0.6) is 0 Å². The molecule has 0 aliphatic carbocycles. The summed E-state index contributed by atoms with van der Waals surface area (Å²) in [5, 5.41) is 7.07. The molecule has 0 aliphatic heterocycles. The third-order valence-corrected chi connectivity index (χ3v) is 9.14. The molecule has 0 saturated heterocycles. The van der Waals surface area contributed by atoms with Crippen LogP contribution in [0.3, 0.4) is 0 Å². The van der Waals surface area contributed by atoms with Crippen LogP contribution in [0.1, 0.15) is 74.7 Å². The molecule has 0 unspecified atom stereocenters. The van der Waals surface area contributed by atoms with Crippen molar-refractivity contribution in [2.75, 3.05) is 26.2 Å². The van der Waals surface area contributed by atoms with Crippen LogP contribution in [0.15, 0.2) is 0 Å². The highest BCUT2D eigenvalue weighted by Crippen LogP contribution is 2.23. The quantitative estimate of drug-likeness (QED) is 0.219. The Kier molecular flexibility index (Phi) is 18.0. The average molecular weight is 451 g/mol. The van der Waals surface area contributed by atoms with Gasteiger partial charge in [-0.2, -0.15) is 0 Å². The van der Waals surface area contributed by atoms with Gasteiger partial charge < -0.3 is 28.3 Å². The third kappa shape index (κ3) is 18.7. The van der Waals surface area contributed by atoms with Crippen LogP contribution in [0.4, 0.5) is 0 Å². The summed E-state index contributed by atoms with van der Waals surface area (Å²) in [6.45, 7) is 20.7. The van der Waals surface area contributed by atoms with Crippen molar-refractivity contribution in [2.45, 2.75) is 111 Å². The van der Waals surface area contributed by atoms with Crippen molar-refractivity contribution in [2.24, 2.45) is 0 Å². The molecule has 2 N–H and O–H groups in total. The fourth-order valence-electron chi connectivity index (χ4n) is 3.03. The van der Waals surface area contributed by atoms with Gasteiger partial charge in [-0.1, -0.05) is 0 Å². The van der Waals surface area contributed by atoms with Crippen molar-refractivity contribution in [1.82, 2.24) is 10.6 Å². The van der Waals surface area contributed by atoms with Gasteiger partial charge in [0.15, 0.2) is 9.76 Å². The molecule has 0 rings (SSSR count). The molecule has 0 aromatic heterocycles. The molecule has 0 saturated carbocycles. The predicted octanol–water partition coefficient (Wildman–Crippen LogP) is 3.48. The molecule has 0 radical (unpaired) electrons. The van der Waals surface area contributed by atoms with Crippen molar-refractivity contribution in [1.29, 1.82) is 0 Å². The van der Waals surface area contributed by atoms with E-state index >= 15 is 0 Å². The van der Waals surface area contributed by atoms with Gasteiger partial charge in [-0.25, -0.2) is 0 Å². The van der Waals surface area contributed by atoms with Gasteiger partial charge in [-0.05, 0) is 107 Å². The smallest absolute Gasteiger partial charge is 0.422 e. The largest absolute Gasteiger partial charge is 0.501 e. The van der Waals surface area contributed by atoms with Gasteiger partial charge in [-0.15, -0.1) is 0 Å². The zero-order valence-corrected chi connectivity index (χ0v) is 22.9. The molecule has 0 fully saturated rings. The molecular weight excluding hydrogens is 400 g/mol.